The third-order valence-electron chi connectivity index (χ3n) is 4.38. The van der Waals surface area contributed by atoms with Gasteiger partial charge in [0.1, 0.15) is 0 Å². The van der Waals surface area contributed by atoms with Gasteiger partial charge in [-0.1, -0.05) is 26.7 Å². The summed E-state index contributed by atoms with van der Waals surface area (Å²) in [5.41, 5.74) is 0. The molecule has 1 rings (SSSR count). The van der Waals surface area contributed by atoms with E-state index in [0.29, 0.717) is 6.04 Å². The fourth-order valence-corrected chi connectivity index (χ4v) is 2.81. The molecule has 16 heavy (non-hydrogen) atoms. The first kappa shape index (κ1) is 14.0. The van der Waals surface area contributed by atoms with Crippen molar-refractivity contribution in [1.29, 1.82) is 0 Å². The molecule has 96 valence electrons. The number of nitrogens with one attached hydrogen (secondary N) is 1. The van der Waals surface area contributed by atoms with Crippen LogP contribution in [-0.4, -0.2) is 37.6 Å². The van der Waals surface area contributed by atoms with E-state index in [1.807, 2.05) is 0 Å². The van der Waals surface area contributed by atoms with E-state index in [1.165, 1.54) is 45.3 Å². The topological polar surface area (TPSA) is 15.3 Å². The van der Waals surface area contributed by atoms with Crippen molar-refractivity contribution in [1.82, 2.24) is 10.2 Å². The Morgan fingerprint density at radius 3 is 2.56 bits per heavy atom. The van der Waals surface area contributed by atoms with Crippen LogP contribution in [0.25, 0.3) is 0 Å². The Morgan fingerprint density at radius 1 is 1.31 bits per heavy atom. The van der Waals surface area contributed by atoms with Gasteiger partial charge in [-0.15, -0.1) is 0 Å². The molecular weight excluding hydrogens is 196 g/mol. The summed E-state index contributed by atoms with van der Waals surface area (Å²) in [6.07, 6.45) is 5.46. The second-order valence-corrected chi connectivity index (χ2v) is 5.42. The zero-order valence-electron chi connectivity index (χ0n) is 11.6. The van der Waals surface area contributed by atoms with Crippen LogP contribution in [0.2, 0.25) is 0 Å². The first-order chi connectivity index (χ1) is 7.71. The van der Waals surface area contributed by atoms with E-state index in [0.717, 1.165) is 11.8 Å². The Kier molecular flexibility index (Phi) is 6.37. The fraction of sp³-hybridized carbons (Fsp3) is 1.00. The van der Waals surface area contributed by atoms with Crippen LogP contribution in [-0.2, 0) is 0 Å². The largest absolute Gasteiger partial charge is 0.317 e. The van der Waals surface area contributed by atoms with Gasteiger partial charge >= 0.3 is 0 Å². The SMILES string of the molecule is CCC(CC)CN1CCCC(C(C)NC)C1. The lowest BCUT2D eigenvalue weighted by Gasteiger charge is -2.37. The van der Waals surface area contributed by atoms with Crippen LogP contribution in [0.1, 0.15) is 46.5 Å². The highest BCUT2D eigenvalue weighted by Crippen LogP contribution is 2.21. The summed E-state index contributed by atoms with van der Waals surface area (Å²) in [7, 11) is 2.09. The molecule has 0 aromatic carbocycles. The van der Waals surface area contributed by atoms with Gasteiger partial charge in [0.15, 0.2) is 0 Å². The van der Waals surface area contributed by atoms with Crippen molar-refractivity contribution in [3.05, 3.63) is 0 Å². The average molecular weight is 226 g/mol. The van der Waals surface area contributed by atoms with Gasteiger partial charge in [-0.25, -0.2) is 0 Å². The predicted molar refractivity (Wildman–Crippen MR) is 71.8 cm³/mol. The van der Waals surface area contributed by atoms with E-state index >= 15 is 0 Å². The van der Waals surface area contributed by atoms with Gasteiger partial charge in [0.2, 0.25) is 0 Å². The Bertz CT molecular complexity index is 178. The second kappa shape index (κ2) is 7.29. The lowest BCUT2D eigenvalue weighted by molar-refractivity contribution is 0.131. The summed E-state index contributed by atoms with van der Waals surface area (Å²) >= 11 is 0. The van der Waals surface area contributed by atoms with Gasteiger partial charge < -0.3 is 10.2 Å². The maximum Gasteiger partial charge on any atom is 0.00762 e. The van der Waals surface area contributed by atoms with Crippen molar-refractivity contribution < 1.29 is 0 Å². The highest BCUT2D eigenvalue weighted by Gasteiger charge is 2.24. The number of hydrogen-bond donors (Lipinski definition) is 1. The summed E-state index contributed by atoms with van der Waals surface area (Å²) in [5, 5.41) is 3.41. The molecular formula is C14H30N2. The smallest absolute Gasteiger partial charge is 0.00762 e. The van der Waals surface area contributed by atoms with Gasteiger partial charge in [-0.05, 0) is 45.2 Å². The summed E-state index contributed by atoms with van der Waals surface area (Å²) in [6.45, 7) is 10.9. The molecule has 2 heteroatoms. The number of likely N-dealkylation sites (tertiary alicyclic amines) is 1. The number of rotatable bonds is 6. The molecule has 1 aliphatic rings. The lowest BCUT2D eigenvalue weighted by atomic mass is 9.90. The predicted octanol–water partition coefficient (Wildman–Crippen LogP) is 2.74. The molecule has 0 spiro atoms. The van der Waals surface area contributed by atoms with E-state index in [2.05, 4.69) is 38.0 Å². The van der Waals surface area contributed by atoms with Crippen LogP contribution in [0.15, 0.2) is 0 Å². The van der Waals surface area contributed by atoms with Crippen LogP contribution >= 0.6 is 0 Å². The molecule has 0 radical (unpaired) electrons. The summed E-state index contributed by atoms with van der Waals surface area (Å²) in [6, 6.07) is 0.671. The van der Waals surface area contributed by atoms with Crippen molar-refractivity contribution in [2.24, 2.45) is 11.8 Å². The highest BCUT2D eigenvalue weighted by molar-refractivity contribution is 4.80. The zero-order chi connectivity index (χ0) is 12.0. The molecule has 0 saturated carbocycles. The average Bonchev–Trinajstić information content (AvgIpc) is 2.35. The molecule has 0 bridgehead atoms. The minimum Gasteiger partial charge on any atom is -0.317 e. The van der Waals surface area contributed by atoms with E-state index in [4.69, 9.17) is 0 Å². The molecule has 1 saturated heterocycles. The van der Waals surface area contributed by atoms with Gasteiger partial charge in [0, 0.05) is 19.1 Å². The minimum absolute atomic E-state index is 0.671. The Hall–Kier alpha value is -0.0800. The van der Waals surface area contributed by atoms with Crippen LogP contribution in [0.4, 0.5) is 0 Å². The molecule has 2 atom stereocenters. The van der Waals surface area contributed by atoms with Crippen molar-refractivity contribution in [3.63, 3.8) is 0 Å². The van der Waals surface area contributed by atoms with Crippen molar-refractivity contribution >= 4 is 0 Å². The summed E-state index contributed by atoms with van der Waals surface area (Å²) in [5.74, 6) is 1.76. The van der Waals surface area contributed by atoms with Gasteiger partial charge in [0.25, 0.3) is 0 Å². The maximum absolute atomic E-state index is 3.41. The third-order valence-corrected chi connectivity index (χ3v) is 4.38. The first-order valence-corrected chi connectivity index (χ1v) is 7.10. The van der Waals surface area contributed by atoms with Gasteiger partial charge in [-0.2, -0.15) is 0 Å². The van der Waals surface area contributed by atoms with Crippen LogP contribution in [0, 0.1) is 11.8 Å². The number of hydrogen-bond acceptors (Lipinski definition) is 2. The summed E-state index contributed by atoms with van der Waals surface area (Å²) in [4.78, 5) is 2.69. The van der Waals surface area contributed by atoms with Crippen LogP contribution < -0.4 is 5.32 Å². The van der Waals surface area contributed by atoms with Gasteiger partial charge in [-0.3, -0.25) is 0 Å². The Morgan fingerprint density at radius 2 is 2.00 bits per heavy atom. The molecule has 1 N–H and O–H groups in total. The Labute approximate surface area is 102 Å². The quantitative estimate of drug-likeness (QED) is 0.749. The second-order valence-electron chi connectivity index (χ2n) is 5.42. The monoisotopic (exact) mass is 226 g/mol. The molecule has 0 aromatic heterocycles. The maximum atomic E-state index is 3.41. The van der Waals surface area contributed by atoms with Crippen molar-refractivity contribution in [3.8, 4) is 0 Å². The van der Waals surface area contributed by atoms with Crippen LogP contribution in [0.3, 0.4) is 0 Å². The van der Waals surface area contributed by atoms with E-state index in [9.17, 15) is 0 Å². The molecule has 2 unspecified atom stereocenters. The molecule has 1 fully saturated rings. The van der Waals surface area contributed by atoms with E-state index in [1.54, 1.807) is 0 Å². The molecule has 0 aliphatic carbocycles. The van der Waals surface area contributed by atoms with Crippen molar-refractivity contribution in [2.75, 3.05) is 26.7 Å². The Balaban J connectivity index is 2.38. The number of nitrogens with zero attached hydrogens (tertiary/aromatic N) is 1. The molecule has 2 nitrogen and oxygen atoms in total. The molecule has 1 heterocycles. The van der Waals surface area contributed by atoms with E-state index < -0.39 is 0 Å². The van der Waals surface area contributed by atoms with Crippen molar-refractivity contribution in [2.45, 2.75) is 52.5 Å². The van der Waals surface area contributed by atoms with E-state index in [-0.39, 0.29) is 0 Å². The normalized spacial score (nSPS) is 24.9. The lowest BCUT2D eigenvalue weighted by Crippen LogP contribution is -2.44. The molecule has 1 aliphatic heterocycles. The third kappa shape index (κ3) is 4.06. The van der Waals surface area contributed by atoms with Gasteiger partial charge in [0.05, 0.1) is 0 Å². The minimum atomic E-state index is 0.671. The zero-order valence-corrected chi connectivity index (χ0v) is 11.6. The van der Waals surface area contributed by atoms with Crippen LogP contribution in [0.5, 0.6) is 0 Å². The molecule has 0 amide bonds. The first-order valence-electron chi connectivity index (χ1n) is 7.10. The number of piperidine rings is 1. The molecule has 0 aromatic rings. The summed E-state index contributed by atoms with van der Waals surface area (Å²) < 4.78 is 0. The standard InChI is InChI=1S/C14H30N2/c1-5-13(6-2)10-16-9-7-8-14(11-16)12(3)15-4/h12-15H,5-11H2,1-4H3. The highest BCUT2D eigenvalue weighted by atomic mass is 15.1. The fourth-order valence-electron chi connectivity index (χ4n) is 2.81.